The molecule has 0 aliphatic carbocycles. The first-order valence-corrected chi connectivity index (χ1v) is 9.63. The van der Waals surface area contributed by atoms with Crippen molar-refractivity contribution in [2.24, 2.45) is 5.10 Å². The standard InChI is InChI=1S/C23H20ClFN2O/c1-2-28-19-12-10-16(11-13-19)22-15-23(20-8-3-4-9-21(20)25)27(26-22)18-7-5-6-17(24)14-18/h3-14,23H,2,15H2,1H3/t23-/m0/s1. The molecule has 0 spiro atoms. The molecule has 3 nitrogen and oxygen atoms in total. The smallest absolute Gasteiger partial charge is 0.128 e. The van der Waals surface area contributed by atoms with Crippen LogP contribution in [0.15, 0.2) is 77.9 Å². The van der Waals surface area contributed by atoms with E-state index in [0.717, 1.165) is 22.7 Å². The Kier molecular flexibility index (Phi) is 5.31. The highest BCUT2D eigenvalue weighted by atomic mass is 35.5. The van der Waals surface area contributed by atoms with E-state index >= 15 is 0 Å². The number of anilines is 1. The summed E-state index contributed by atoms with van der Waals surface area (Å²) in [5.74, 6) is 0.588. The number of rotatable bonds is 5. The van der Waals surface area contributed by atoms with Gasteiger partial charge in [-0.2, -0.15) is 5.10 Å². The summed E-state index contributed by atoms with van der Waals surface area (Å²) in [7, 11) is 0. The lowest BCUT2D eigenvalue weighted by atomic mass is 9.97. The summed E-state index contributed by atoms with van der Waals surface area (Å²) in [6.07, 6.45) is 0.599. The minimum absolute atomic E-state index is 0.234. The Hall–Kier alpha value is -2.85. The SMILES string of the molecule is CCOc1ccc(C2=NN(c3cccc(Cl)c3)[C@H](c3ccccc3F)C2)cc1. The second kappa shape index (κ2) is 8.03. The number of benzene rings is 3. The molecule has 142 valence electrons. The van der Waals surface area contributed by atoms with Gasteiger partial charge in [0.1, 0.15) is 11.6 Å². The van der Waals surface area contributed by atoms with Crippen LogP contribution >= 0.6 is 11.6 Å². The fourth-order valence-electron chi connectivity index (χ4n) is 3.44. The Morgan fingerprint density at radius 3 is 2.57 bits per heavy atom. The minimum Gasteiger partial charge on any atom is -0.494 e. The zero-order valence-corrected chi connectivity index (χ0v) is 16.2. The van der Waals surface area contributed by atoms with Gasteiger partial charge < -0.3 is 4.74 Å². The lowest BCUT2D eigenvalue weighted by Crippen LogP contribution is -2.19. The average Bonchev–Trinajstić information content (AvgIpc) is 3.14. The van der Waals surface area contributed by atoms with Crippen LogP contribution in [-0.2, 0) is 0 Å². The minimum atomic E-state index is -0.235. The third-order valence-corrected chi connectivity index (χ3v) is 4.98. The maximum absolute atomic E-state index is 14.6. The molecule has 3 aromatic carbocycles. The lowest BCUT2D eigenvalue weighted by molar-refractivity contribution is 0.340. The predicted molar refractivity (Wildman–Crippen MR) is 112 cm³/mol. The Labute approximate surface area is 169 Å². The molecule has 1 aliphatic heterocycles. The first-order valence-electron chi connectivity index (χ1n) is 9.25. The van der Waals surface area contributed by atoms with Crippen molar-refractivity contribution >= 4 is 23.0 Å². The molecule has 1 heterocycles. The van der Waals surface area contributed by atoms with E-state index in [0.29, 0.717) is 23.6 Å². The van der Waals surface area contributed by atoms with Gasteiger partial charge in [0.25, 0.3) is 0 Å². The summed E-state index contributed by atoms with van der Waals surface area (Å²) >= 11 is 6.19. The Bertz CT molecular complexity index is 1000. The number of hydrazone groups is 1. The van der Waals surface area contributed by atoms with Gasteiger partial charge >= 0.3 is 0 Å². The van der Waals surface area contributed by atoms with Gasteiger partial charge in [-0.25, -0.2) is 4.39 Å². The van der Waals surface area contributed by atoms with Crippen molar-refractivity contribution in [3.8, 4) is 5.75 Å². The summed E-state index contributed by atoms with van der Waals surface area (Å²) in [4.78, 5) is 0. The molecule has 0 aromatic heterocycles. The molecule has 5 heteroatoms. The first-order chi connectivity index (χ1) is 13.7. The largest absolute Gasteiger partial charge is 0.494 e. The van der Waals surface area contributed by atoms with Gasteiger partial charge in [0, 0.05) is 17.0 Å². The van der Waals surface area contributed by atoms with E-state index in [4.69, 9.17) is 21.4 Å². The number of hydrogen-bond acceptors (Lipinski definition) is 3. The normalized spacial score (nSPS) is 16.2. The van der Waals surface area contributed by atoms with Crippen LogP contribution in [0.1, 0.15) is 30.5 Å². The van der Waals surface area contributed by atoms with Crippen molar-refractivity contribution in [1.29, 1.82) is 0 Å². The molecule has 0 fully saturated rings. The Morgan fingerprint density at radius 1 is 1.07 bits per heavy atom. The molecule has 0 unspecified atom stereocenters. The summed E-state index contributed by atoms with van der Waals surface area (Å²) < 4.78 is 20.1. The van der Waals surface area contributed by atoms with Crippen molar-refractivity contribution in [2.75, 3.05) is 11.6 Å². The van der Waals surface area contributed by atoms with E-state index < -0.39 is 0 Å². The van der Waals surface area contributed by atoms with Gasteiger partial charge in [0.15, 0.2) is 0 Å². The van der Waals surface area contributed by atoms with E-state index in [2.05, 4.69) is 0 Å². The van der Waals surface area contributed by atoms with Crippen LogP contribution in [0.2, 0.25) is 5.02 Å². The second-order valence-electron chi connectivity index (χ2n) is 6.57. The molecule has 0 radical (unpaired) electrons. The van der Waals surface area contributed by atoms with Crippen LogP contribution in [0.5, 0.6) is 5.75 Å². The molecule has 4 rings (SSSR count). The number of ether oxygens (including phenoxy) is 1. The van der Waals surface area contributed by atoms with E-state index in [-0.39, 0.29) is 11.9 Å². The van der Waals surface area contributed by atoms with Gasteiger partial charge in [0.2, 0.25) is 0 Å². The average molecular weight is 395 g/mol. The molecular weight excluding hydrogens is 375 g/mol. The van der Waals surface area contributed by atoms with E-state index in [1.54, 1.807) is 6.07 Å². The number of nitrogens with zero attached hydrogens (tertiary/aromatic N) is 2. The van der Waals surface area contributed by atoms with Crippen LogP contribution in [0.25, 0.3) is 0 Å². The van der Waals surface area contributed by atoms with E-state index in [1.165, 1.54) is 6.07 Å². The summed E-state index contributed by atoms with van der Waals surface area (Å²) in [6, 6.07) is 21.9. The van der Waals surface area contributed by atoms with Crippen LogP contribution in [-0.4, -0.2) is 12.3 Å². The lowest BCUT2D eigenvalue weighted by Gasteiger charge is -2.24. The third-order valence-electron chi connectivity index (χ3n) is 4.75. The highest BCUT2D eigenvalue weighted by Gasteiger charge is 2.31. The Balaban J connectivity index is 1.72. The molecule has 1 aliphatic rings. The van der Waals surface area contributed by atoms with Crippen LogP contribution in [0.4, 0.5) is 10.1 Å². The molecule has 0 N–H and O–H groups in total. The summed E-state index contributed by atoms with van der Waals surface area (Å²) in [6.45, 7) is 2.58. The van der Waals surface area contributed by atoms with E-state index in [1.807, 2.05) is 72.6 Å². The zero-order valence-electron chi connectivity index (χ0n) is 15.5. The van der Waals surface area contributed by atoms with Gasteiger partial charge in [-0.05, 0) is 61.0 Å². The Morgan fingerprint density at radius 2 is 1.86 bits per heavy atom. The van der Waals surface area contributed by atoms with Crippen molar-refractivity contribution in [2.45, 2.75) is 19.4 Å². The van der Waals surface area contributed by atoms with Crippen LogP contribution < -0.4 is 9.75 Å². The maximum atomic E-state index is 14.6. The topological polar surface area (TPSA) is 24.8 Å². The molecule has 28 heavy (non-hydrogen) atoms. The van der Waals surface area contributed by atoms with Gasteiger partial charge in [-0.15, -0.1) is 0 Å². The molecule has 0 saturated heterocycles. The van der Waals surface area contributed by atoms with Gasteiger partial charge in [-0.3, -0.25) is 5.01 Å². The molecule has 0 bridgehead atoms. The molecule has 1 atom stereocenters. The summed E-state index contributed by atoms with van der Waals surface area (Å²) in [5.41, 5.74) is 3.35. The van der Waals surface area contributed by atoms with Crippen molar-refractivity contribution in [1.82, 2.24) is 0 Å². The third kappa shape index (κ3) is 3.73. The second-order valence-corrected chi connectivity index (χ2v) is 7.01. The fraction of sp³-hybridized carbons (Fsp3) is 0.174. The van der Waals surface area contributed by atoms with Crippen molar-refractivity contribution < 1.29 is 9.13 Å². The van der Waals surface area contributed by atoms with Gasteiger partial charge in [0.05, 0.1) is 24.0 Å². The highest BCUT2D eigenvalue weighted by Crippen LogP contribution is 2.38. The fourth-order valence-corrected chi connectivity index (χ4v) is 3.62. The van der Waals surface area contributed by atoms with Crippen LogP contribution in [0, 0.1) is 5.82 Å². The van der Waals surface area contributed by atoms with Crippen LogP contribution in [0.3, 0.4) is 0 Å². The number of hydrogen-bond donors (Lipinski definition) is 0. The maximum Gasteiger partial charge on any atom is 0.128 e. The molecule has 0 amide bonds. The van der Waals surface area contributed by atoms with Crippen molar-refractivity contribution in [3.05, 3.63) is 94.8 Å². The zero-order chi connectivity index (χ0) is 19.5. The predicted octanol–water partition coefficient (Wildman–Crippen LogP) is 6.23. The van der Waals surface area contributed by atoms with Gasteiger partial charge in [-0.1, -0.05) is 35.9 Å². The summed E-state index contributed by atoms with van der Waals surface area (Å²) in [5, 5.41) is 7.31. The first kappa shape index (κ1) is 18.5. The molecule has 0 saturated carbocycles. The molecule has 3 aromatic rings. The quantitative estimate of drug-likeness (QED) is 0.512. The van der Waals surface area contributed by atoms with E-state index in [9.17, 15) is 4.39 Å². The highest BCUT2D eigenvalue weighted by molar-refractivity contribution is 6.30. The monoisotopic (exact) mass is 394 g/mol. The van der Waals surface area contributed by atoms with Crippen molar-refractivity contribution in [3.63, 3.8) is 0 Å². The number of halogens is 2. The molecular formula is C23H20ClFN2O.